The highest BCUT2D eigenvalue weighted by Crippen LogP contribution is 2.23. The van der Waals surface area contributed by atoms with E-state index in [9.17, 15) is 4.39 Å². The Morgan fingerprint density at radius 2 is 2.44 bits per heavy atom. The summed E-state index contributed by atoms with van der Waals surface area (Å²) in [5.74, 6) is -0.429. The van der Waals surface area contributed by atoms with Crippen LogP contribution in [-0.4, -0.2) is 17.0 Å². The van der Waals surface area contributed by atoms with Crippen LogP contribution in [0.2, 0.25) is 0 Å². The van der Waals surface area contributed by atoms with E-state index in [4.69, 9.17) is 5.26 Å². The molecule has 0 saturated carbocycles. The van der Waals surface area contributed by atoms with E-state index in [0.717, 1.165) is 11.7 Å². The van der Waals surface area contributed by atoms with Gasteiger partial charge in [0.2, 0.25) is 0 Å². The van der Waals surface area contributed by atoms with Gasteiger partial charge in [-0.3, -0.25) is 4.99 Å². The maximum absolute atomic E-state index is 13.5. The van der Waals surface area contributed by atoms with E-state index in [1.54, 1.807) is 23.9 Å². The van der Waals surface area contributed by atoms with Crippen molar-refractivity contribution in [3.63, 3.8) is 0 Å². The molecule has 1 aromatic carbocycles. The number of benzene rings is 1. The number of nitrogens with zero attached hydrogens (tertiary/aromatic N) is 2. The molecule has 0 saturated heterocycles. The molecule has 0 amide bonds. The van der Waals surface area contributed by atoms with Crippen LogP contribution < -0.4 is 5.32 Å². The van der Waals surface area contributed by atoms with Crippen molar-refractivity contribution in [1.29, 1.82) is 5.26 Å². The van der Waals surface area contributed by atoms with Gasteiger partial charge in [-0.2, -0.15) is 5.26 Å². The number of aliphatic imine (C=N–C) groups is 1. The predicted octanol–water partition coefficient (Wildman–Crippen LogP) is 2.60. The van der Waals surface area contributed by atoms with E-state index >= 15 is 0 Å². The fourth-order valence-electron chi connectivity index (χ4n) is 1.35. The number of amidine groups is 1. The highest BCUT2D eigenvalue weighted by atomic mass is 32.2. The summed E-state index contributed by atoms with van der Waals surface area (Å²) in [4.78, 5) is 4.23. The molecular weight excluding hydrogens is 225 g/mol. The molecule has 0 fully saturated rings. The van der Waals surface area contributed by atoms with E-state index in [1.165, 1.54) is 6.07 Å². The lowest BCUT2D eigenvalue weighted by Gasteiger charge is -2.06. The molecule has 0 bridgehead atoms. The number of hydrogen-bond acceptors (Lipinski definition) is 4. The number of rotatable bonds is 1. The summed E-state index contributed by atoms with van der Waals surface area (Å²) in [5, 5.41) is 12.7. The van der Waals surface area contributed by atoms with Crippen LogP contribution in [0.1, 0.15) is 12.5 Å². The second kappa shape index (κ2) is 4.54. The third-order valence-electron chi connectivity index (χ3n) is 2.14. The molecule has 3 nitrogen and oxygen atoms in total. The summed E-state index contributed by atoms with van der Waals surface area (Å²) in [6.07, 6.45) is 0. The van der Waals surface area contributed by atoms with Crippen molar-refractivity contribution in [3.05, 3.63) is 29.6 Å². The Labute approximate surface area is 97.4 Å². The maximum Gasteiger partial charge on any atom is 0.161 e. The van der Waals surface area contributed by atoms with Crippen LogP contribution in [-0.2, 0) is 0 Å². The Balaban J connectivity index is 2.14. The minimum atomic E-state index is -0.429. The molecule has 1 N–H and O–H groups in total. The van der Waals surface area contributed by atoms with Crippen LogP contribution in [0, 0.1) is 17.1 Å². The van der Waals surface area contributed by atoms with Gasteiger partial charge in [-0.15, -0.1) is 0 Å². The Bertz CT molecular complexity index is 479. The summed E-state index contributed by atoms with van der Waals surface area (Å²) in [6.45, 7) is 2.82. The molecule has 1 atom stereocenters. The van der Waals surface area contributed by atoms with Crippen molar-refractivity contribution in [2.45, 2.75) is 12.2 Å². The fraction of sp³-hybridized carbons (Fsp3) is 0.273. The second-order valence-electron chi connectivity index (χ2n) is 3.51. The van der Waals surface area contributed by atoms with Crippen molar-refractivity contribution < 1.29 is 4.39 Å². The quantitative estimate of drug-likeness (QED) is 0.814. The largest absolute Gasteiger partial charge is 0.333 e. The summed E-state index contributed by atoms with van der Waals surface area (Å²) < 4.78 is 13.5. The monoisotopic (exact) mass is 235 g/mol. The average molecular weight is 235 g/mol. The van der Waals surface area contributed by atoms with Gasteiger partial charge in [-0.05, 0) is 18.2 Å². The molecule has 1 aliphatic rings. The minimum absolute atomic E-state index is 0.317. The first kappa shape index (κ1) is 11.0. The van der Waals surface area contributed by atoms with E-state index in [0.29, 0.717) is 16.5 Å². The van der Waals surface area contributed by atoms with Gasteiger partial charge in [0.25, 0.3) is 0 Å². The van der Waals surface area contributed by atoms with Gasteiger partial charge < -0.3 is 5.32 Å². The lowest BCUT2D eigenvalue weighted by atomic mass is 10.2. The fourth-order valence-corrected chi connectivity index (χ4v) is 2.19. The van der Waals surface area contributed by atoms with Crippen LogP contribution in [0.4, 0.5) is 10.1 Å². The second-order valence-corrected chi connectivity index (χ2v) is 4.93. The average Bonchev–Trinajstić information content (AvgIpc) is 2.67. The normalized spacial score (nSPS) is 19.1. The van der Waals surface area contributed by atoms with Gasteiger partial charge in [-0.25, -0.2) is 4.39 Å². The molecule has 5 heteroatoms. The van der Waals surface area contributed by atoms with Gasteiger partial charge in [-0.1, -0.05) is 18.7 Å². The molecule has 1 aromatic rings. The molecule has 1 unspecified atom stereocenters. The minimum Gasteiger partial charge on any atom is -0.333 e. The van der Waals surface area contributed by atoms with Gasteiger partial charge in [0.15, 0.2) is 5.17 Å². The van der Waals surface area contributed by atoms with Gasteiger partial charge in [0.05, 0.1) is 23.9 Å². The summed E-state index contributed by atoms with van der Waals surface area (Å²) in [5.41, 5.74) is 0.678. The first-order valence-electron chi connectivity index (χ1n) is 4.87. The lowest BCUT2D eigenvalue weighted by Crippen LogP contribution is -2.07. The third-order valence-corrected chi connectivity index (χ3v) is 3.15. The first-order chi connectivity index (χ1) is 7.69. The standard InChI is InChI=1S/C11H10FN3S/c1-7-6-14-11(16-7)15-10-3-2-8(5-13)4-9(10)12/h2-4,7H,6H2,1H3,(H,14,15). The highest BCUT2D eigenvalue weighted by Gasteiger charge is 2.16. The first-order valence-corrected chi connectivity index (χ1v) is 5.75. The van der Waals surface area contributed by atoms with Gasteiger partial charge >= 0.3 is 0 Å². The van der Waals surface area contributed by atoms with Gasteiger partial charge in [0.1, 0.15) is 5.82 Å². The van der Waals surface area contributed by atoms with Crippen molar-refractivity contribution in [3.8, 4) is 6.07 Å². The van der Waals surface area contributed by atoms with Crippen LogP contribution in [0.3, 0.4) is 0 Å². The SMILES string of the molecule is CC1CN=C(Nc2ccc(C#N)cc2F)S1. The Morgan fingerprint density at radius 1 is 1.62 bits per heavy atom. The van der Waals surface area contributed by atoms with Crippen LogP contribution in [0.25, 0.3) is 0 Å². The molecule has 0 aromatic heterocycles. The van der Waals surface area contributed by atoms with Crippen molar-refractivity contribution in [2.75, 3.05) is 11.9 Å². The Hall–Kier alpha value is -1.54. The smallest absolute Gasteiger partial charge is 0.161 e. The number of hydrogen-bond donors (Lipinski definition) is 1. The zero-order valence-electron chi connectivity index (χ0n) is 8.70. The number of anilines is 1. The number of nitriles is 1. The maximum atomic E-state index is 13.5. The Morgan fingerprint density at radius 3 is 3.00 bits per heavy atom. The van der Waals surface area contributed by atoms with E-state index in [1.807, 2.05) is 6.07 Å². The van der Waals surface area contributed by atoms with Crippen LogP contribution >= 0.6 is 11.8 Å². The molecule has 0 radical (unpaired) electrons. The topological polar surface area (TPSA) is 48.2 Å². The van der Waals surface area contributed by atoms with Crippen LogP contribution in [0.15, 0.2) is 23.2 Å². The van der Waals surface area contributed by atoms with Crippen molar-refractivity contribution in [2.24, 2.45) is 4.99 Å². The zero-order chi connectivity index (χ0) is 11.5. The molecular formula is C11H10FN3S. The van der Waals surface area contributed by atoms with E-state index < -0.39 is 5.82 Å². The van der Waals surface area contributed by atoms with E-state index in [-0.39, 0.29) is 0 Å². The Kier molecular flexibility index (Phi) is 3.11. The predicted molar refractivity (Wildman–Crippen MR) is 64.1 cm³/mol. The summed E-state index contributed by atoms with van der Waals surface area (Å²) >= 11 is 1.59. The van der Waals surface area contributed by atoms with Crippen molar-refractivity contribution in [1.82, 2.24) is 0 Å². The van der Waals surface area contributed by atoms with Gasteiger partial charge in [0, 0.05) is 5.25 Å². The molecule has 1 heterocycles. The number of halogens is 1. The molecule has 2 rings (SSSR count). The molecule has 16 heavy (non-hydrogen) atoms. The number of thioether (sulfide) groups is 1. The highest BCUT2D eigenvalue weighted by molar-refractivity contribution is 8.15. The molecule has 0 spiro atoms. The summed E-state index contributed by atoms with van der Waals surface area (Å²) in [6, 6.07) is 6.24. The van der Waals surface area contributed by atoms with Crippen LogP contribution in [0.5, 0.6) is 0 Å². The van der Waals surface area contributed by atoms with E-state index in [2.05, 4.69) is 17.2 Å². The third kappa shape index (κ3) is 2.34. The zero-order valence-corrected chi connectivity index (χ0v) is 9.51. The number of nitrogens with one attached hydrogen (secondary N) is 1. The molecule has 0 aliphatic carbocycles. The molecule has 82 valence electrons. The molecule has 1 aliphatic heterocycles. The van der Waals surface area contributed by atoms with Crippen molar-refractivity contribution >= 4 is 22.6 Å². The lowest BCUT2D eigenvalue weighted by molar-refractivity contribution is 0.632. The summed E-state index contributed by atoms with van der Waals surface area (Å²) in [7, 11) is 0.